The minimum absolute atomic E-state index is 0.000557. The van der Waals surface area contributed by atoms with E-state index in [1.807, 2.05) is 11.8 Å². The van der Waals surface area contributed by atoms with Gasteiger partial charge in [0.1, 0.15) is 5.82 Å². The van der Waals surface area contributed by atoms with Gasteiger partial charge in [0.05, 0.1) is 5.56 Å². The smallest absolute Gasteiger partial charge is 0.257 e. The van der Waals surface area contributed by atoms with Gasteiger partial charge in [0.2, 0.25) is 5.95 Å². The second kappa shape index (κ2) is 6.95. The standard InChI is InChI=1S/C18H22N6O2/c1-13-19-6-14(7-20-13)8-21-17-22-9-15(10-23-17)16(25)24-11-18(12-24)2-4-26-5-3-18/h6-7,9-10H,2-5,8,11-12H2,1H3,(H,21,22,23). The molecule has 2 saturated heterocycles. The molecule has 1 spiro atoms. The van der Waals surface area contributed by atoms with Crippen LogP contribution in [0.5, 0.6) is 0 Å². The molecule has 2 aliphatic rings. The summed E-state index contributed by atoms with van der Waals surface area (Å²) >= 11 is 0. The Balaban J connectivity index is 1.31. The summed E-state index contributed by atoms with van der Waals surface area (Å²) in [5.74, 6) is 1.22. The molecule has 0 aromatic carbocycles. The Bertz CT molecular complexity index is 763. The number of carbonyl (C=O) groups excluding carboxylic acids is 1. The highest BCUT2D eigenvalue weighted by molar-refractivity contribution is 5.94. The maximum atomic E-state index is 12.6. The zero-order valence-electron chi connectivity index (χ0n) is 14.8. The van der Waals surface area contributed by atoms with Crippen LogP contribution in [0.25, 0.3) is 0 Å². The van der Waals surface area contributed by atoms with Crippen LogP contribution in [-0.4, -0.2) is 57.0 Å². The van der Waals surface area contributed by atoms with E-state index in [0.29, 0.717) is 18.1 Å². The monoisotopic (exact) mass is 354 g/mol. The van der Waals surface area contributed by atoms with Gasteiger partial charge in [-0.15, -0.1) is 0 Å². The van der Waals surface area contributed by atoms with Crippen molar-refractivity contribution in [1.29, 1.82) is 0 Å². The van der Waals surface area contributed by atoms with Crippen molar-refractivity contribution in [1.82, 2.24) is 24.8 Å². The molecule has 2 fully saturated rings. The Hall–Kier alpha value is -2.61. The largest absolute Gasteiger partial charge is 0.381 e. The van der Waals surface area contributed by atoms with Crippen LogP contribution in [0.15, 0.2) is 24.8 Å². The quantitative estimate of drug-likeness (QED) is 0.888. The Kier molecular flexibility index (Phi) is 4.50. The van der Waals surface area contributed by atoms with Gasteiger partial charge in [-0.05, 0) is 19.8 Å². The van der Waals surface area contributed by atoms with Gasteiger partial charge < -0.3 is 15.0 Å². The Morgan fingerprint density at radius 2 is 1.77 bits per heavy atom. The number of hydrogen-bond acceptors (Lipinski definition) is 7. The van der Waals surface area contributed by atoms with Crippen LogP contribution in [0.3, 0.4) is 0 Å². The van der Waals surface area contributed by atoms with Crippen molar-refractivity contribution in [3.8, 4) is 0 Å². The van der Waals surface area contributed by atoms with Gasteiger partial charge in [0.15, 0.2) is 0 Å². The minimum Gasteiger partial charge on any atom is -0.381 e. The van der Waals surface area contributed by atoms with Crippen LogP contribution in [0.2, 0.25) is 0 Å². The van der Waals surface area contributed by atoms with Gasteiger partial charge in [0, 0.05) is 68.6 Å². The van der Waals surface area contributed by atoms with E-state index < -0.39 is 0 Å². The van der Waals surface area contributed by atoms with Crippen molar-refractivity contribution in [2.75, 3.05) is 31.6 Å². The molecule has 8 heteroatoms. The first-order valence-corrected chi connectivity index (χ1v) is 8.84. The SMILES string of the molecule is Cc1ncc(CNc2ncc(C(=O)N3CC4(CCOCC4)C3)cn2)cn1. The van der Waals surface area contributed by atoms with Crippen LogP contribution in [0.4, 0.5) is 5.95 Å². The zero-order chi connectivity index (χ0) is 18.0. The average Bonchev–Trinajstić information content (AvgIpc) is 2.66. The number of rotatable bonds is 4. The molecule has 4 rings (SSSR count). The van der Waals surface area contributed by atoms with E-state index in [2.05, 4.69) is 25.3 Å². The number of aromatic nitrogens is 4. The third-order valence-corrected chi connectivity index (χ3v) is 5.08. The zero-order valence-corrected chi connectivity index (χ0v) is 14.8. The Morgan fingerprint density at radius 3 is 2.42 bits per heavy atom. The molecule has 4 heterocycles. The summed E-state index contributed by atoms with van der Waals surface area (Å²) in [4.78, 5) is 31.2. The van der Waals surface area contributed by atoms with Crippen molar-refractivity contribution in [3.63, 3.8) is 0 Å². The number of aryl methyl sites for hydroxylation is 1. The summed E-state index contributed by atoms with van der Waals surface area (Å²) in [5.41, 5.74) is 1.74. The van der Waals surface area contributed by atoms with Gasteiger partial charge in [-0.3, -0.25) is 4.79 Å². The van der Waals surface area contributed by atoms with E-state index in [9.17, 15) is 4.79 Å². The van der Waals surface area contributed by atoms with Crippen LogP contribution < -0.4 is 5.32 Å². The lowest BCUT2D eigenvalue weighted by atomic mass is 9.73. The number of nitrogens with one attached hydrogen (secondary N) is 1. The fraction of sp³-hybridized carbons (Fsp3) is 0.500. The van der Waals surface area contributed by atoms with Crippen LogP contribution in [-0.2, 0) is 11.3 Å². The number of carbonyl (C=O) groups is 1. The van der Waals surface area contributed by atoms with E-state index in [-0.39, 0.29) is 11.3 Å². The number of nitrogens with zero attached hydrogens (tertiary/aromatic N) is 5. The first-order chi connectivity index (χ1) is 12.6. The van der Waals surface area contributed by atoms with Crippen molar-refractivity contribution in [2.45, 2.75) is 26.3 Å². The Labute approximate surface area is 152 Å². The minimum atomic E-state index is 0.000557. The summed E-state index contributed by atoms with van der Waals surface area (Å²) in [5, 5.41) is 3.11. The third-order valence-electron chi connectivity index (χ3n) is 5.08. The number of hydrogen-bond donors (Lipinski definition) is 1. The summed E-state index contributed by atoms with van der Waals surface area (Å²) < 4.78 is 5.42. The van der Waals surface area contributed by atoms with Gasteiger partial charge in [0.25, 0.3) is 5.91 Å². The lowest BCUT2D eigenvalue weighted by molar-refractivity contribution is -0.0666. The molecule has 1 amide bonds. The maximum absolute atomic E-state index is 12.6. The lowest BCUT2D eigenvalue weighted by Gasteiger charge is -2.52. The molecule has 1 N–H and O–H groups in total. The fourth-order valence-corrected chi connectivity index (χ4v) is 3.43. The molecule has 0 saturated carbocycles. The highest BCUT2D eigenvalue weighted by atomic mass is 16.5. The molecule has 2 aromatic rings. The molecule has 0 atom stereocenters. The number of likely N-dealkylation sites (tertiary alicyclic amines) is 1. The topological polar surface area (TPSA) is 93.1 Å². The van der Waals surface area contributed by atoms with Gasteiger partial charge in [-0.2, -0.15) is 0 Å². The molecule has 0 radical (unpaired) electrons. The summed E-state index contributed by atoms with van der Waals surface area (Å²) in [6.07, 6.45) is 8.78. The number of anilines is 1. The predicted octanol–water partition coefficient (Wildman–Crippen LogP) is 1.44. The van der Waals surface area contributed by atoms with Gasteiger partial charge >= 0.3 is 0 Å². The Morgan fingerprint density at radius 1 is 1.12 bits per heavy atom. The number of amides is 1. The highest BCUT2D eigenvalue weighted by Gasteiger charge is 2.45. The first-order valence-electron chi connectivity index (χ1n) is 8.84. The second-order valence-electron chi connectivity index (χ2n) is 7.06. The van der Waals surface area contributed by atoms with E-state index in [0.717, 1.165) is 50.5 Å². The number of ether oxygens (including phenoxy) is 1. The molecule has 0 unspecified atom stereocenters. The van der Waals surface area contributed by atoms with Crippen LogP contribution >= 0.6 is 0 Å². The molecular formula is C18H22N6O2. The molecule has 8 nitrogen and oxygen atoms in total. The van der Waals surface area contributed by atoms with Crippen molar-refractivity contribution >= 4 is 11.9 Å². The van der Waals surface area contributed by atoms with Crippen molar-refractivity contribution in [3.05, 3.63) is 41.7 Å². The lowest BCUT2D eigenvalue weighted by Crippen LogP contribution is -2.60. The first kappa shape index (κ1) is 16.8. The summed E-state index contributed by atoms with van der Waals surface area (Å²) in [6.45, 7) is 5.60. The van der Waals surface area contributed by atoms with Crippen LogP contribution in [0.1, 0.15) is 34.6 Å². The predicted molar refractivity (Wildman–Crippen MR) is 94.5 cm³/mol. The molecule has 2 aliphatic heterocycles. The van der Waals surface area contributed by atoms with E-state index in [1.165, 1.54) is 0 Å². The third kappa shape index (κ3) is 3.50. The summed E-state index contributed by atoms with van der Waals surface area (Å²) in [7, 11) is 0. The fourth-order valence-electron chi connectivity index (χ4n) is 3.43. The van der Waals surface area contributed by atoms with Gasteiger partial charge in [-0.25, -0.2) is 19.9 Å². The summed E-state index contributed by atoms with van der Waals surface area (Å²) in [6, 6.07) is 0. The van der Waals surface area contributed by atoms with Crippen molar-refractivity contribution in [2.24, 2.45) is 5.41 Å². The molecular weight excluding hydrogens is 332 g/mol. The van der Waals surface area contributed by atoms with E-state index in [4.69, 9.17) is 4.74 Å². The maximum Gasteiger partial charge on any atom is 0.257 e. The van der Waals surface area contributed by atoms with E-state index in [1.54, 1.807) is 24.8 Å². The highest BCUT2D eigenvalue weighted by Crippen LogP contribution is 2.40. The molecule has 26 heavy (non-hydrogen) atoms. The molecule has 0 bridgehead atoms. The molecule has 0 aliphatic carbocycles. The molecule has 2 aromatic heterocycles. The second-order valence-corrected chi connectivity index (χ2v) is 7.06. The van der Waals surface area contributed by atoms with E-state index >= 15 is 0 Å². The van der Waals surface area contributed by atoms with Gasteiger partial charge in [-0.1, -0.05) is 0 Å². The molecule has 136 valence electrons. The van der Waals surface area contributed by atoms with Crippen LogP contribution in [0, 0.1) is 12.3 Å². The normalized spacial score (nSPS) is 18.4. The average molecular weight is 354 g/mol. The van der Waals surface area contributed by atoms with Crippen molar-refractivity contribution < 1.29 is 9.53 Å².